The van der Waals surface area contributed by atoms with E-state index < -0.39 is 0 Å². The molecule has 0 spiro atoms. The molecule has 1 fully saturated rings. The van der Waals surface area contributed by atoms with E-state index in [9.17, 15) is 4.79 Å². The Morgan fingerprint density at radius 3 is 2.61 bits per heavy atom. The molecular weight excluding hydrogens is 512 g/mol. The molecule has 0 unspecified atom stereocenters. The summed E-state index contributed by atoms with van der Waals surface area (Å²) in [5, 5.41) is 13.9. The highest BCUT2D eigenvalue weighted by Crippen LogP contribution is 2.33. The Morgan fingerprint density at radius 2 is 1.80 bits per heavy atom. The largest absolute Gasteiger partial charge is 0.497 e. The first-order chi connectivity index (χ1) is 20.2. The van der Waals surface area contributed by atoms with Crippen LogP contribution >= 0.6 is 0 Å². The highest BCUT2D eigenvalue weighted by Gasteiger charge is 2.35. The van der Waals surface area contributed by atoms with E-state index in [0.717, 1.165) is 73.5 Å². The molecule has 2 N–H and O–H groups in total. The molecule has 2 aromatic heterocycles. The van der Waals surface area contributed by atoms with Crippen molar-refractivity contribution in [3.05, 3.63) is 113 Å². The van der Waals surface area contributed by atoms with E-state index in [1.807, 2.05) is 18.2 Å². The second kappa shape index (κ2) is 12.4. The number of hydrogen-bond acceptors (Lipinski definition) is 5. The fraction of sp³-hybridized carbons (Fsp3) is 0.303. The second-order valence-electron chi connectivity index (χ2n) is 10.7. The standard InChI is InChI=1S/C33H36N6O2/c1-41-27-16-13-25(14-17-27)22-39-32(18-15-24-8-3-2-4-9-24)36-37-33(39)30(38-19-7-12-31(38)35-23-40)20-26-21-34-29-11-6-5-10-28(26)29/h2-6,8-11,13-14,16-17,21,23,30-31,34H,7,12,15,18-20,22H2,1H3,(H,35,40)/t30-,31+/m1/s1. The van der Waals surface area contributed by atoms with Crippen molar-refractivity contribution in [1.82, 2.24) is 30.0 Å². The number of fused-ring (bicyclic) bond motifs is 1. The van der Waals surface area contributed by atoms with Crippen molar-refractivity contribution < 1.29 is 9.53 Å². The molecule has 2 atom stereocenters. The van der Waals surface area contributed by atoms with Gasteiger partial charge in [0.2, 0.25) is 6.41 Å². The van der Waals surface area contributed by atoms with E-state index in [1.165, 1.54) is 16.5 Å². The van der Waals surface area contributed by atoms with E-state index in [0.29, 0.717) is 6.54 Å². The molecule has 3 aromatic carbocycles. The van der Waals surface area contributed by atoms with Crippen LogP contribution in [0.1, 0.15) is 47.2 Å². The Labute approximate surface area is 240 Å². The highest BCUT2D eigenvalue weighted by atomic mass is 16.5. The van der Waals surface area contributed by atoms with Crippen LogP contribution in [0.2, 0.25) is 0 Å². The first-order valence-electron chi connectivity index (χ1n) is 14.3. The van der Waals surface area contributed by atoms with Crippen molar-refractivity contribution >= 4 is 17.3 Å². The van der Waals surface area contributed by atoms with Crippen LogP contribution in [-0.2, 0) is 30.6 Å². The predicted octanol–water partition coefficient (Wildman–Crippen LogP) is 5.05. The van der Waals surface area contributed by atoms with Crippen molar-refractivity contribution in [2.45, 2.75) is 50.9 Å². The Kier molecular flexibility index (Phi) is 8.09. The van der Waals surface area contributed by atoms with E-state index in [2.05, 4.69) is 86.6 Å². The molecule has 210 valence electrons. The fourth-order valence-electron chi connectivity index (χ4n) is 6.05. The third-order valence-electron chi connectivity index (χ3n) is 8.18. The van der Waals surface area contributed by atoms with Crippen LogP contribution in [0.5, 0.6) is 5.75 Å². The van der Waals surface area contributed by atoms with Gasteiger partial charge in [-0.1, -0.05) is 60.7 Å². The zero-order valence-electron chi connectivity index (χ0n) is 23.4. The molecule has 1 aliphatic heterocycles. The number of hydrogen-bond donors (Lipinski definition) is 2. The summed E-state index contributed by atoms with van der Waals surface area (Å²) in [6, 6.07) is 27.0. The normalized spacial score (nSPS) is 16.2. The molecule has 0 radical (unpaired) electrons. The van der Waals surface area contributed by atoms with Crippen molar-refractivity contribution in [2.24, 2.45) is 0 Å². The van der Waals surface area contributed by atoms with Crippen molar-refractivity contribution in [1.29, 1.82) is 0 Å². The highest BCUT2D eigenvalue weighted by molar-refractivity contribution is 5.83. The number of aryl methyl sites for hydroxylation is 2. The number of rotatable bonds is 12. The van der Waals surface area contributed by atoms with Gasteiger partial charge in [0.1, 0.15) is 11.6 Å². The summed E-state index contributed by atoms with van der Waals surface area (Å²) in [6.45, 7) is 1.54. The quantitative estimate of drug-likeness (QED) is 0.213. The summed E-state index contributed by atoms with van der Waals surface area (Å²) in [7, 11) is 1.68. The Hall–Kier alpha value is -4.43. The maximum absolute atomic E-state index is 11.6. The number of H-pyrrole nitrogens is 1. The van der Waals surface area contributed by atoms with Gasteiger partial charge in [0.05, 0.1) is 25.9 Å². The summed E-state index contributed by atoms with van der Waals surface area (Å²) >= 11 is 0. The minimum Gasteiger partial charge on any atom is -0.497 e. The molecule has 5 aromatic rings. The number of benzene rings is 3. The lowest BCUT2D eigenvalue weighted by Crippen LogP contribution is -2.44. The van der Waals surface area contributed by atoms with Crippen LogP contribution in [-0.4, -0.2) is 50.9 Å². The average molecular weight is 549 g/mol. The van der Waals surface area contributed by atoms with Gasteiger partial charge >= 0.3 is 0 Å². The molecule has 0 saturated carbocycles. The number of methoxy groups -OCH3 is 1. The molecule has 8 nitrogen and oxygen atoms in total. The number of aromatic nitrogens is 4. The van der Waals surface area contributed by atoms with Crippen LogP contribution in [0.25, 0.3) is 10.9 Å². The molecule has 0 aliphatic carbocycles. The number of carbonyl (C=O) groups is 1. The second-order valence-corrected chi connectivity index (χ2v) is 10.7. The Bertz CT molecular complexity index is 1580. The van der Waals surface area contributed by atoms with Gasteiger partial charge in [-0.2, -0.15) is 0 Å². The fourth-order valence-corrected chi connectivity index (χ4v) is 6.05. The smallest absolute Gasteiger partial charge is 0.208 e. The van der Waals surface area contributed by atoms with Gasteiger partial charge < -0.3 is 19.6 Å². The van der Waals surface area contributed by atoms with Gasteiger partial charge in [-0.3, -0.25) is 9.69 Å². The lowest BCUT2D eigenvalue weighted by molar-refractivity contribution is -0.111. The molecule has 8 heteroatoms. The Balaban J connectivity index is 1.40. The molecule has 1 amide bonds. The summed E-state index contributed by atoms with van der Waals surface area (Å²) < 4.78 is 7.69. The maximum atomic E-state index is 11.6. The van der Waals surface area contributed by atoms with Gasteiger partial charge in [0.15, 0.2) is 5.82 Å². The SMILES string of the molecule is COc1ccc(Cn2c(CCc3ccccc3)nnc2[C@@H](Cc2c[nH]c3ccccc23)N2CCC[C@H]2NC=O)cc1. The number of carbonyl (C=O) groups excluding carboxylic acids is 1. The zero-order chi connectivity index (χ0) is 28.0. The first-order valence-corrected chi connectivity index (χ1v) is 14.3. The molecule has 1 saturated heterocycles. The van der Waals surface area contributed by atoms with Gasteiger partial charge in [-0.05, 0) is 60.6 Å². The van der Waals surface area contributed by atoms with Crippen LogP contribution in [0.4, 0.5) is 0 Å². The molecule has 3 heterocycles. The molecule has 41 heavy (non-hydrogen) atoms. The molecule has 1 aliphatic rings. The summed E-state index contributed by atoms with van der Waals surface area (Å²) in [5.41, 5.74) is 4.78. The lowest BCUT2D eigenvalue weighted by Gasteiger charge is -2.32. The third kappa shape index (κ3) is 5.88. The third-order valence-corrected chi connectivity index (χ3v) is 8.18. The number of likely N-dealkylation sites (tertiary alicyclic amines) is 1. The Morgan fingerprint density at radius 1 is 1.00 bits per heavy atom. The lowest BCUT2D eigenvalue weighted by atomic mass is 10.0. The molecule has 6 rings (SSSR count). The minimum absolute atomic E-state index is 0.0402. The molecule has 0 bridgehead atoms. The zero-order valence-corrected chi connectivity index (χ0v) is 23.4. The number of para-hydroxylation sites is 1. The van der Waals surface area contributed by atoms with Gasteiger partial charge in [0, 0.05) is 30.1 Å². The van der Waals surface area contributed by atoms with Crippen LogP contribution in [0.15, 0.2) is 85.1 Å². The van der Waals surface area contributed by atoms with Gasteiger partial charge in [0.25, 0.3) is 0 Å². The maximum Gasteiger partial charge on any atom is 0.208 e. The van der Waals surface area contributed by atoms with Crippen molar-refractivity contribution in [3.8, 4) is 5.75 Å². The summed E-state index contributed by atoms with van der Waals surface area (Å²) in [6.07, 6.45) is 7.23. The number of amides is 1. The van der Waals surface area contributed by atoms with Crippen LogP contribution in [0, 0.1) is 0 Å². The first kappa shape index (κ1) is 26.8. The van der Waals surface area contributed by atoms with Crippen molar-refractivity contribution in [2.75, 3.05) is 13.7 Å². The number of nitrogens with zero attached hydrogens (tertiary/aromatic N) is 4. The van der Waals surface area contributed by atoms with Crippen LogP contribution in [0.3, 0.4) is 0 Å². The number of ether oxygens (including phenoxy) is 1. The summed E-state index contributed by atoms with van der Waals surface area (Å²) in [4.78, 5) is 17.4. The van der Waals surface area contributed by atoms with E-state index >= 15 is 0 Å². The van der Waals surface area contributed by atoms with Crippen LogP contribution < -0.4 is 10.1 Å². The molecular formula is C33H36N6O2. The van der Waals surface area contributed by atoms with E-state index in [4.69, 9.17) is 14.9 Å². The monoisotopic (exact) mass is 548 g/mol. The predicted molar refractivity (Wildman–Crippen MR) is 160 cm³/mol. The number of nitrogens with one attached hydrogen (secondary N) is 2. The van der Waals surface area contributed by atoms with E-state index in [-0.39, 0.29) is 12.2 Å². The summed E-state index contributed by atoms with van der Waals surface area (Å²) in [5.74, 6) is 2.72. The number of aromatic amines is 1. The minimum atomic E-state index is -0.0645. The average Bonchev–Trinajstić information content (AvgIpc) is 3.75. The van der Waals surface area contributed by atoms with E-state index in [1.54, 1.807) is 7.11 Å². The van der Waals surface area contributed by atoms with Gasteiger partial charge in [-0.15, -0.1) is 10.2 Å². The van der Waals surface area contributed by atoms with Crippen molar-refractivity contribution in [3.63, 3.8) is 0 Å². The van der Waals surface area contributed by atoms with Gasteiger partial charge in [-0.25, -0.2) is 0 Å². The topological polar surface area (TPSA) is 88.1 Å².